The van der Waals surface area contributed by atoms with Crippen LogP contribution in [0.3, 0.4) is 0 Å². The summed E-state index contributed by atoms with van der Waals surface area (Å²) < 4.78 is 40.3. The Morgan fingerprint density at radius 3 is 2.63 bits per heavy atom. The van der Waals surface area contributed by atoms with Crippen molar-refractivity contribution >= 4 is 27.0 Å². The monoisotopic (exact) mass is 390 g/mol. The van der Waals surface area contributed by atoms with Crippen molar-refractivity contribution in [3.05, 3.63) is 60.2 Å². The molecule has 0 saturated heterocycles. The quantitative estimate of drug-likeness (QED) is 0.571. The number of sulfonamides is 1. The van der Waals surface area contributed by atoms with Gasteiger partial charge in [-0.25, -0.2) is 17.8 Å². The van der Waals surface area contributed by atoms with Crippen molar-refractivity contribution in [1.82, 2.24) is 20.0 Å². The highest BCUT2D eigenvalue weighted by molar-refractivity contribution is 7.89. The van der Waals surface area contributed by atoms with Crippen molar-refractivity contribution in [2.75, 3.05) is 6.54 Å². The number of amides is 1. The van der Waals surface area contributed by atoms with Gasteiger partial charge in [-0.2, -0.15) is 4.72 Å². The molecule has 1 amide bonds. The summed E-state index contributed by atoms with van der Waals surface area (Å²) >= 11 is 0. The Morgan fingerprint density at radius 1 is 1.19 bits per heavy atom. The molecule has 0 fully saturated rings. The Morgan fingerprint density at radius 2 is 1.89 bits per heavy atom. The van der Waals surface area contributed by atoms with Crippen LogP contribution < -0.4 is 10.0 Å². The van der Waals surface area contributed by atoms with Gasteiger partial charge in [0.25, 0.3) is 0 Å². The lowest BCUT2D eigenvalue weighted by molar-refractivity contribution is -0.122. The number of carbonyl (C=O) groups is 1. The van der Waals surface area contributed by atoms with E-state index in [0.717, 1.165) is 29.0 Å². The van der Waals surface area contributed by atoms with Crippen LogP contribution in [0.15, 0.2) is 53.4 Å². The highest BCUT2D eigenvalue weighted by Gasteiger charge is 2.24. The number of halogens is 1. The number of fused-ring (bicyclic) bond motifs is 1. The molecule has 2 aromatic carbocycles. The number of aromatic nitrogens is 2. The Hall–Kier alpha value is -2.78. The number of carbonyl (C=O) groups excluding carboxylic acids is 1. The van der Waals surface area contributed by atoms with Crippen molar-refractivity contribution in [2.45, 2.75) is 24.3 Å². The number of imidazole rings is 1. The van der Waals surface area contributed by atoms with E-state index in [2.05, 4.69) is 20.0 Å². The fourth-order valence-corrected chi connectivity index (χ4v) is 3.88. The van der Waals surface area contributed by atoms with Crippen molar-refractivity contribution in [2.24, 2.45) is 0 Å². The molecule has 27 heavy (non-hydrogen) atoms. The number of nitrogens with one attached hydrogen (secondary N) is 3. The first-order valence-corrected chi connectivity index (χ1v) is 9.83. The second kappa shape index (κ2) is 7.85. The predicted molar refractivity (Wildman–Crippen MR) is 99.0 cm³/mol. The van der Waals surface area contributed by atoms with Crippen LogP contribution in [0.2, 0.25) is 0 Å². The van der Waals surface area contributed by atoms with Gasteiger partial charge in [0.1, 0.15) is 16.5 Å². The molecular weight excluding hydrogens is 371 g/mol. The number of hydrogen-bond donors (Lipinski definition) is 3. The van der Waals surface area contributed by atoms with E-state index in [1.165, 1.54) is 19.1 Å². The van der Waals surface area contributed by atoms with Crippen LogP contribution in [0.1, 0.15) is 12.7 Å². The van der Waals surface area contributed by atoms with Gasteiger partial charge >= 0.3 is 0 Å². The van der Waals surface area contributed by atoms with Gasteiger partial charge in [0.15, 0.2) is 0 Å². The molecule has 3 N–H and O–H groups in total. The van der Waals surface area contributed by atoms with Crippen LogP contribution in [-0.4, -0.2) is 36.9 Å². The third kappa shape index (κ3) is 4.50. The maximum Gasteiger partial charge on any atom is 0.244 e. The van der Waals surface area contributed by atoms with E-state index in [1.54, 1.807) is 0 Å². The Labute approximate surface area is 156 Å². The van der Waals surface area contributed by atoms with E-state index < -0.39 is 32.7 Å². The number of rotatable bonds is 7. The zero-order valence-electron chi connectivity index (χ0n) is 14.6. The van der Waals surface area contributed by atoms with Gasteiger partial charge in [-0.3, -0.25) is 4.79 Å². The topological polar surface area (TPSA) is 104 Å². The van der Waals surface area contributed by atoms with Gasteiger partial charge in [-0.15, -0.1) is 0 Å². The molecule has 1 heterocycles. The number of nitrogens with zero attached hydrogens (tertiary/aromatic N) is 1. The molecule has 0 aliphatic carbocycles. The van der Waals surface area contributed by atoms with Crippen LogP contribution in [0.4, 0.5) is 4.39 Å². The molecule has 0 radical (unpaired) electrons. The van der Waals surface area contributed by atoms with Crippen molar-refractivity contribution in [3.63, 3.8) is 0 Å². The van der Waals surface area contributed by atoms with Gasteiger partial charge in [0, 0.05) is 13.0 Å². The maximum atomic E-state index is 13.7. The third-order valence-corrected chi connectivity index (χ3v) is 5.52. The van der Waals surface area contributed by atoms with Gasteiger partial charge in [0.05, 0.1) is 17.1 Å². The minimum atomic E-state index is -4.13. The Bertz CT molecular complexity index is 1030. The molecule has 0 spiro atoms. The second-order valence-corrected chi connectivity index (χ2v) is 7.70. The van der Waals surface area contributed by atoms with Crippen LogP contribution in [0, 0.1) is 5.82 Å². The summed E-state index contributed by atoms with van der Waals surface area (Å²) in [5.74, 6) is -0.662. The van der Waals surface area contributed by atoms with E-state index in [-0.39, 0.29) is 6.54 Å². The van der Waals surface area contributed by atoms with E-state index >= 15 is 0 Å². The summed E-state index contributed by atoms with van der Waals surface area (Å²) in [5.41, 5.74) is 1.75. The van der Waals surface area contributed by atoms with Crippen LogP contribution in [0.25, 0.3) is 11.0 Å². The highest BCUT2D eigenvalue weighted by Crippen LogP contribution is 2.13. The molecular formula is C18H19FN4O3S. The lowest BCUT2D eigenvalue weighted by atomic mass is 10.3. The van der Waals surface area contributed by atoms with E-state index in [4.69, 9.17) is 0 Å². The van der Waals surface area contributed by atoms with Crippen LogP contribution >= 0.6 is 0 Å². The van der Waals surface area contributed by atoms with Crippen LogP contribution in [0.5, 0.6) is 0 Å². The number of para-hydroxylation sites is 2. The van der Waals surface area contributed by atoms with E-state index in [1.807, 2.05) is 24.3 Å². The molecule has 142 valence electrons. The summed E-state index contributed by atoms with van der Waals surface area (Å²) in [6.07, 6.45) is 0.465. The molecule has 0 aliphatic heterocycles. The van der Waals surface area contributed by atoms with Crippen molar-refractivity contribution in [3.8, 4) is 0 Å². The van der Waals surface area contributed by atoms with E-state index in [9.17, 15) is 17.6 Å². The molecule has 1 atom stereocenters. The largest absolute Gasteiger partial charge is 0.354 e. The molecule has 0 unspecified atom stereocenters. The summed E-state index contributed by atoms with van der Waals surface area (Å²) in [6, 6.07) is 11.5. The third-order valence-electron chi connectivity index (χ3n) is 3.95. The summed E-state index contributed by atoms with van der Waals surface area (Å²) in [7, 11) is -4.13. The van der Waals surface area contributed by atoms with Gasteiger partial charge < -0.3 is 10.3 Å². The smallest absolute Gasteiger partial charge is 0.244 e. The molecule has 3 rings (SSSR count). The average Bonchev–Trinajstić information content (AvgIpc) is 3.04. The number of H-pyrrole nitrogens is 1. The summed E-state index contributed by atoms with van der Waals surface area (Å²) in [4.78, 5) is 19.2. The number of benzene rings is 2. The molecule has 0 aliphatic rings. The van der Waals surface area contributed by atoms with Crippen molar-refractivity contribution < 1.29 is 17.6 Å². The Kier molecular flexibility index (Phi) is 5.52. The lowest BCUT2D eigenvalue weighted by Gasteiger charge is -2.14. The minimum Gasteiger partial charge on any atom is -0.354 e. The van der Waals surface area contributed by atoms with Gasteiger partial charge in [-0.05, 0) is 31.2 Å². The fraction of sp³-hybridized carbons (Fsp3) is 0.222. The van der Waals surface area contributed by atoms with Crippen LogP contribution in [-0.2, 0) is 21.2 Å². The molecule has 1 aromatic heterocycles. The van der Waals surface area contributed by atoms with Gasteiger partial charge in [-0.1, -0.05) is 24.3 Å². The second-order valence-electron chi connectivity index (χ2n) is 6.02. The average molecular weight is 390 g/mol. The first kappa shape index (κ1) is 19.0. The fourth-order valence-electron chi connectivity index (χ4n) is 2.59. The summed E-state index contributed by atoms with van der Waals surface area (Å²) in [5, 5.41) is 2.64. The minimum absolute atomic E-state index is 0.282. The first-order chi connectivity index (χ1) is 12.9. The van der Waals surface area contributed by atoms with Gasteiger partial charge in [0.2, 0.25) is 15.9 Å². The molecule has 9 heteroatoms. The molecule has 3 aromatic rings. The predicted octanol–water partition coefficient (Wildman–Crippen LogP) is 1.73. The first-order valence-electron chi connectivity index (χ1n) is 8.35. The maximum absolute atomic E-state index is 13.7. The lowest BCUT2D eigenvalue weighted by Crippen LogP contribution is -2.45. The molecule has 0 bridgehead atoms. The molecule has 7 nitrogen and oxygen atoms in total. The molecule has 0 saturated carbocycles. The SMILES string of the molecule is C[C@@H](NS(=O)(=O)c1ccccc1F)C(=O)NCCc1nc2ccccc2[nH]1. The summed E-state index contributed by atoms with van der Waals surface area (Å²) in [6.45, 7) is 1.68. The van der Waals surface area contributed by atoms with E-state index in [0.29, 0.717) is 6.42 Å². The Balaban J connectivity index is 1.55. The highest BCUT2D eigenvalue weighted by atomic mass is 32.2. The standard InChI is InChI=1S/C18H19FN4O3S/c1-12(23-27(25,26)16-9-5-2-6-13(16)19)18(24)20-11-10-17-21-14-7-3-4-8-15(14)22-17/h2-9,12,23H,10-11H2,1H3,(H,20,24)(H,21,22)/t12-/m1/s1. The number of hydrogen-bond acceptors (Lipinski definition) is 4. The zero-order valence-corrected chi connectivity index (χ0v) is 15.4. The zero-order chi connectivity index (χ0) is 19.4. The number of aromatic amines is 1. The van der Waals surface area contributed by atoms with Crippen molar-refractivity contribution in [1.29, 1.82) is 0 Å². The normalized spacial score (nSPS) is 12.8.